The van der Waals surface area contributed by atoms with Crippen LogP contribution in [0.5, 0.6) is 0 Å². The fourth-order valence-corrected chi connectivity index (χ4v) is 2.48. The van der Waals surface area contributed by atoms with Gasteiger partial charge in [-0.2, -0.15) is 0 Å². The molecule has 1 unspecified atom stereocenters. The number of carbonyl (C=O) groups is 4. The van der Waals surface area contributed by atoms with Gasteiger partial charge in [0.05, 0.1) is 5.56 Å². The quantitative estimate of drug-likeness (QED) is 0.600. The van der Waals surface area contributed by atoms with Gasteiger partial charge in [0.15, 0.2) is 0 Å². The van der Waals surface area contributed by atoms with E-state index in [2.05, 4.69) is 16.0 Å². The molecule has 1 fully saturated rings. The van der Waals surface area contributed by atoms with Gasteiger partial charge in [0.25, 0.3) is 0 Å². The third-order valence-corrected chi connectivity index (χ3v) is 3.50. The molecule has 2 rings (SSSR count). The van der Waals surface area contributed by atoms with Crippen molar-refractivity contribution in [2.75, 3.05) is 5.32 Å². The molecule has 2 heterocycles. The molecular weight excluding hydrogens is 286 g/mol. The fraction of sp³-hybridized carbons (Fsp3) is 0.273. The number of piperidine rings is 1. The van der Waals surface area contributed by atoms with Gasteiger partial charge in [0, 0.05) is 6.42 Å². The molecule has 0 spiro atoms. The molecule has 106 valence electrons. The van der Waals surface area contributed by atoms with E-state index in [0.717, 1.165) is 11.3 Å². The van der Waals surface area contributed by atoms with Crippen molar-refractivity contribution in [2.24, 2.45) is 0 Å². The van der Waals surface area contributed by atoms with Crippen LogP contribution in [0.15, 0.2) is 11.4 Å². The zero-order chi connectivity index (χ0) is 14.7. The molecule has 0 aromatic carbocycles. The highest BCUT2D eigenvalue weighted by Crippen LogP contribution is 2.22. The zero-order valence-electron chi connectivity index (χ0n) is 10.1. The van der Waals surface area contributed by atoms with Crippen LogP contribution < -0.4 is 16.0 Å². The molecule has 1 atom stereocenters. The summed E-state index contributed by atoms with van der Waals surface area (Å²) in [6.45, 7) is 0. The van der Waals surface area contributed by atoms with Crippen molar-refractivity contribution in [1.29, 1.82) is 0 Å². The number of carbonyl (C=O) groups excluding carboxylic acids is 3. The smallest absolute Gasteiger partial charge is 0.338 e. The Morgan fingerprint density at radius 3 is 2.80 bits per heavy atom. The van der Waals surface area contributed by atoms with E-state index in [1.807, 2.05) is 0 Å². The van der Waals surface area contributed by atoms with Gasteiger partial charge in [-0.3, -0.25) is 20.2 Å². The number of carboxylic acid groups (broad SMARTS) is 1. The number of hydrogen-bond donors (Lipinski definition) is 4. The molecule has 1 saturated heterocycles. The Hall–Kier alpha value is -2.42. The van der Waals surface area contributed by atoms with Gasteiger partial charge < -0.3 is 10.4 Å². The van der Waals surface area contributed by atoms with E-state index in [1.165, 1.54) is 11.4 Å². The minimum Gasteiger partial charge on any atom is -0.478 e. The summed E-state index contributed by atoms with van der Waals surface area (Å²) in [4.78, 5) is 45.0. The van der Waals surface area contributed by atoms with E-state index in [1.54, 1.807) is 0 Å². The molecule has 0 radical (unpaired) electrons. The number of thiophene rings is 1. The van der Waals surface area contributed by atoms with Crippen molar-refractivity contribution in [3.63, 3.8) is 0 Å². The van der Waals surface area contributed by atoms with E-state index in [-0.39, 0.29) is 29.3 Å². The molecular formula is C11H11N3O5S. The second-order valence-electron chi connectivity index (χ2n) is 4.07. The van der Waals surface area contributed by atoms with Crippen LogP contribution in [0.1, 0.15) is 23.2 Å². The van der Waals surface area contributed by atoms with Crippen LogP contribution >= 0.6 is 11.3 Å². The molecule has 1 aliphatic rings. The lowest BCUT2D eigenvalue weighted by Crippen LogP contribution is -2.53. The molecule has 9 heteroatoms. The largest absolute Gasteiger partial charge is 0.478 e. The van der Waals surface area contributed by atoms with Crippen molar-refractivity contribution in [1.82, 2.24) is 10.6 Å². The van der Waals surface area contributed by atoms with Gasteiger partial charge in [0.2, 0.25) is 11.8 Å². The Morgan fingerprint density at radius 1 is 1.40 bits per heavy atom. The van der Waals surface area contributed by atoms with E-state index in [4.69, 9.17) is 5.11 Å². The van der Waals surface area contributed by atoms with Crippen LogP contribution in [0, 0.1) is 0 Å². The number of imide groups is 1. The summed E-state index contributed by atoms with van der Waals surface area (Å²) in [5.41, 5.74) is -0.0200. The highest BCUT2D eigenvalue weighted by molar-refractivity contribution is 7.14. The molecule has 4 N–H and O–H groups in total. The highest BCUT2D eigenvalue weighted by Gasteiger charge is 2.28. The monoisotopic (exact) mass is 297 g/mol. The van der Waals surface area contributed by atoms with Gasteiger partial charge in [-0.1, -0.05) is 0 Å². The number of hydrogen-bond acceptors (Lipinski definition) is 5. The lowest BCUT2D eigenvalue weighted by Gasteiger charge is -2.21. The van der Waals surface area contributed by atoms with Gasteiger partial charge in [-0.25, -0.2) is 9.59 Å². The fourth-order valence-electron chi connectivity index (χ4n) is 1.70. The number of rotatable bonds is 3. The van der Waals surface area contributed by atoms with Crippen molar-refractivity contribution in [3.8, 4) is 0 Å². The Balaban J connectivity index is 1.96. The van der Waals surface area contributed by atoms with Crippen molar-refractivity contribution < 1.29 is 24.3 Å². The third-order valence-electron chi connectivity index (χ3n) is 2.67. The molecule has 20 heavy (non-hydrogen) atoms. The predicted molar refractivity (Wildman–Crippen MR) is 69.6 cm³/mol. The van der Waals surface area contributed by atoms with E-state index in [0.29, 0.717) is 0 Å². The molecule has 0 saturated carbocycles. The number of anilines is 1. The molecule has 1 aliphatic heterocycles. The van der Waals surface area contributed by atoms with Crippen LogP contribution in [-0.2, 0) is 9.59 Å². The van der Waals surface area contributed by atoms with Gasteiger partial charge in [0.1, 0.15) is 11.0 Å². The number of nitrogens with one attached hydrogen (secondary N) is 3. The highest BCUT2D eigenvalue weighted by atomic mass is 32.1. The molecule has 1 aromatic heterocycles. The lowest BCUT2D eigenvalue weighted by atomic mass is 10.1. The maximum atomic E-state index is 11.7. The maximum Gasteiger partial charge on any atom is 0.338 e. The summed E-state index contributed by atoms with van der Waals surface area (Å²) >= 11 is 1.06. The number of carboxylic acids is 1. The first-order valence-electron chi connectivity index (χ1n) is 5.69. The Morgan fingerprint density at radius 2 is 2.15 bits per heavy atom. The van der Waals surface area contributed by atoms with Crippen molar-refractivity contribution in [2.45, 2.75) is 18.9 Å². The second-order valence-corrected chi connectivity index (χ2v) is 4.99. The number of amides is 4. The van der Waals surface area contributed by atoms with E-state index >= 15 is 0 Å². The summed E-state index contributed by atoms with van der Waals surface area (Å²) in [6.07, 6.45) is 0.365. The normalized spacial score (nSPS) is 18.3. The first-order valence-corrected chi connectivity index (χ1v) is 6.57. The van der Waals surface area contributed by atoms with Crippen molar-refractivity contribution >= 4 is 40.2 Å². The van der Waals surface area contributed by atoms with E-state index in [9.17, 15) is 19.2 Å². The maximum absolute atomic E-state index is 11.7. The van der Waals surface area contributed by atoms with Gasteiger partial charge in [-0.15, -0.1) is 11.3 Å². The Kier molecular flexibility index (Phi) is 3.99. The van der Waals surface area contributed by atoms with Crippen LogP contribution in [0.25, 0.3) is 0 Å². The molecule has 0 aliphatic carbocycles. The molecule has 4 amide bonds. The summed E-state index contributed by atoms with van der Waals surface area (Å²) < 4.78 is 0. The van der Waals surface area contributed by atoms with Crippen molar-refractivity contribution in [3.05, 3.63) is 17.0 Å². The minimum absolute atomic E-state index is 0.0200. The lowest BCUT2D eigenvalue weighted by molar-refractivity contribution is -0.134. The first kappa shape index (κ1) is 14.0. The summed E-state index contributed by atoms with van der Waals surface area (Å²) in [5, 5.41) is 17.5. The van der Waals surface area contributed by atoms with Crippen LogP contribution in [0.4, 0.5) is 9.80 Å². The molecule has 1 aromatic rings. The van der Waals surface area contributed by atoms with Gasteiger partial charge >= 0.3 is 12.0 Å². The van der Waals surface area contributed by atoms with Crippen LogP contribution in [-0.4, -0.2) is 35.0 Å². The SMILES string of the molecule is O=C1CCC(NC(=O)Nc2sccc2C(=O)O)C(=O)N1. The van der Waals surface area contributed by atoms with Crippen LogP contribution in [0.2, 0.25) is 0 Å². The molecule has 8 nitrogen and oxygen atoms in total. The summed E-state index contributed by atoms with van der Waals surface area (Å²) in [6, 6.07) is -0.125. The van der Waals surface area contributed by atoms with Crippen LogP contribution in [0.3, 0.4) is 0 Å². The van der Waals surface area contributed by atoms with E-state index < -0.39 is 23.9 Å². The first-order chi connectivity index (χ1) is 9.47. The average Bonchev–Trinajstić information content (AvgIpc) is 2.81. The minimum atomic E-state index is -1.15. The summed E-state index contributed by atoms with van der Waals surface area (Å²) in [7, 11) is 0. The standard InChI is InChI=1S/C11H11N3O5S/c15-7-2-1-6(8(16)13-7)12-11(19)14-9-5(10(17)18)3-4-20-9/h3-4,6H,1-2H2,(H,17,18)(H2,12,14,19)(H,13,15,16). The topological polar surface area (TPSA) is 125 Å². The average molecular weight is 297 g/mol. The number of urea groups is 1. The predicted octanol–water partition coefficient (Wildman–Crippen LogP) is 0.373. The second kappa shape index (κ2) is 5.70. The van der Waals surface area contributed by atoms with Gasteiger partial charge in [-0.05, 0) is 17.9 Å². The third kappa shape index (κ3) is 3.12. The zero-order valence-corrected chi connectivity index (χ0v) is 11.0. The Labute approximate surface area is 117 Å². The summed E-state index contributed by atoms with van der Waals surface area (Å²) in [5.74, 6) is -2.09. The Bertz CT molecular complexity index is 582. The molecule has 0 bridgehead atoms. The number of aromatic carboxylic acids is 1.